The van der Waals surface area contributed by atoms with Crippen molar-refractivity contribution in [1.82, 2.24) is 0 Å². The molecular formula is C11H11BrN2O2. The van der Waals surface area contributed by atoms with E-state index in [1.807, 2.05) is 30.3 Å². The van der Waals surface area contributed by atoms with Crippen molar-refractivity contribution >= 4 is 27.6 Å². The molecule has 1 aromatic carbocycles. The van der Waals surface area contributed by atoms with Crippen molar-refractivity contribution in [1.29, 1.82) is 5.26 Å². The molecule has 0 spiro atoms. The molecule has 0 aliphatic heterocycles. The van der Waals surface area contributed by atoms with Gasteiger partial charge in [0, 0.05) is 16.7 Å². The number of nitrogens with zero attached hydrogens (tertiary/aromatic N) is 2. The number of carboxylic acid groups (broad SMARTS) is 1. The molecule has 0 aliphatic rings. The van der Waals surface area contributed by atoms with Gasteiger partial charge in [-0.15, -0.1) is 0 Å². The first-order valence-corrected chi connectivity index (χ1v) is 5.52. The Bertz CT molecular complexity index is 415. The van der Waals surface area contributed by atoms with Gasteiger partial charge in [0.25, 0.3) is 0 Å². The van der Waals surface area contributed by atoms with Gasteiger partial charge in [0.1, 0.15) is 6.54 Å². The third-order valence-electron chi connectivity index (χ3n) is 2.03. The molecule has 0 heterocycles. The summed E-state index contributed by atoms with van der Waals surface area (Å²) in [7, 11) is 0. The Morgan fingerprint density at radius 2 is 2.31 bits per heavy atom. The van der Waals surface area contributed by atoms with Crippen LogP contribution in [-0.4, -0.2) is 24.2 Å². The second-order valence-electron chi connectivity index (χ2n) is 3.20. The Hall–Kier alpha value is -1.54. The maximum Gasteiger partial charge on any atom is 0.305 e. The molecular weight excluding hydrogens is 272 g/mol. The molecule has 0 saturated heterocycles. The average molecular weight is 283 g/mol. The summed E-state index contributed by atoms with van der Waals surface area (Å²) in [6, 6.07) is 9.47. The van der Waals surface area contributed by atoms with E-state index in [0.29, 0.717) is 6.54 Å². The molecule has 0 amide bonds. The topological polar surface area (TPSA) is 64.3 Å². The van der Waals surface area contributed by atoms with E-state index in [1.165, 1.54) is 0 Å². The Morgan fingerprint density at radius 1 is 1.56 bits per heavy atom. The van der Waals surface area contributed by atoms with Crippen LogP contribution in [0.25, 0.3) is 0 Å². The zero-order valence-corrected chi connectivity index (χ0v) is 10.1. The first-order chi connectivity index (χ1) is 7.63. The summed E-state index contributed by atoms with van der Waals surface area (Å²) >= 11 is 3.34. The van der Waals surface area contributed by atoms with Crippen LogP contribution in [0, 0.1) is 11.3 Å². The molecule has 0 atom stereocenters. The average Bonchev–Trinajstić information content (AvgIpc) is 2.24. The van der Waals surface area contributed by atoms with Crippen LogP contribution in [0.2, 0.25) is 0 Å². The lowest BCUT2D eigenvalue weighted by Gasteiger charge is -2.20. The van der Waals surface area contributed by atoms with Crippen LogP contribution >= 0.6 is 15.9 Å². The summed E-state index contributed by atoms with van der Waals surface area (Å²) < 4.78 is 0.906. The van der Waals surface area contributed by atoms with Crippen LogP contribution in [-0.2, 0) is 4.79 Å². The summed E-state index contributed by atoms with van der Waals surface area (Å²) in [5.41, 5.74) is 0.845. The molecule has 0 radical (unpaired) electrons. The number of hydrogen-bond donors (Lipinski definition) is 1. The van der Waals surface area contributed by atoms with Gasteiger partial charge in [-0.2, -0.15) is 5.26 Å². The van der Waals surface area contributed by atoms with E-state index >= 15 is 0 Å². The normalized spacial score (nSPS) is 9.50. The molecule has 0 aliphatic carbocycles. The Labute approximate surface area is 102 Å². The molecule has 16 heavy (non-hydrogen) atoms. The van der Waals surface area contributed by atoms with E-state index in [9.17, 15) is 4.79 Å². The Kier molecular flexibility index (Phi) is 4.80. The second-order valence-corrected chi connectivity index (χ2v) is 4.12. The predicted molar refractivity (Wildman–Crippen MR) is 64.2 cm³/mol. The van der Waals surface area contributed by atoms with Gasteiger partial charge < -0.3 is 10.0 Å². The van der Waals surface area contributed by atoms with Crippen LogP contribution in [0.5, 0.6) is 0 Å². The van der Waals surface area contributed by atoms with Crippen molar-refractivity contribution in [3.8, 4) is 6.07 Å². The lowest BCUT2D eigenvalue weighted by molar-refractivity contribution is -0.136. The standard InChI is InChI=1S/C11H11BrN2O2/c12-9-2-1-3-10(8-9)14(7-5-13)6-4-11(15)16/h1-3,8H,4,6-7H2,(H,15,16). The van der Waals surface area contributed by atoms with Crippen molar-refractivity contribution < 1.29 is 9.90 Å². The molecule has 1 aromatic rings. The molecule has 0 unspecified atom stereocenters. The van der Waals surface area contributed by atoms with Gasteiger partial charge in [0.15, 0.2) is 0 Å². The largest absolute Gasteiger partial charge is 0.481 e. The first kappa shape index (κ1) is 12.5. The minimum atomic E-state index is -0.863. The fraction of sp³-hybridized carbons (Fsp3) is 0.273. The maximum absolute atomic E-state index is 10.5. The molecule has 5 heteroatoms. The van der Waals surface area contributed by atoms with E-state index in [4.69, 9.17) is 10.4 Å². The van der Waals surface area contributed by atoms with Gasteiger partial charge in [-0.25, -0.2) is 0 Å². The zero-order valence-electron chi connectivity index (χ0n) is 8.56. The van der Waals surface area contributed by atoms with Gasteiger partial charge in [-0.05, 0) is 18.2 Å². The minimum absolute atomic E-state index is 0.0220. The first-order valence-electron chi connectivity index (χ1n) is 4.72. The van der Waals surface area contributed by atoms with E-state index < -0.39 is 5.97 Å². The number of nitriles is 1. The SMILES string of the molecule is N#CCN(CCC(=O)O)c1cccc(Br)c1. The van der Waals surface area contributed by atoms with Crippen molar-refractivity contribution in [2.75, 3.05) is 18.0 Å². The van der Waals surface area contributed by atoms with E-state index in [-0.39, 0.29) is 13.0 Å². The molecule has 0 fully saturated rings. The number of carbonyl (C=O) groups is 1. The van der Waals surface area contributed by atoms with Gasteiger partial charge in [0.2, 0.25) is 0 Å². The van der Waals surface area contributed by atoms with E-state index in [1.54, 1.807) is 4.90 Å². The van der Waals surface area contributed by atoms with Crippen LogP contribution in [0.1, 0.15) is 6.42 Å². The molecule has 4 nitrogen and oxygen atoms in total. The number of halogens is 1. The van der Waals surface area contributed by atoms with Crippen LogP contribution in [0.3, 0.4) is 0 Å². The van der Waals surface area contributed by atoms with Gasteiger partial charge in [-0.1, -0.05) is 22.0 Å². The highest BCUT2D eigenvalue weighted by molar-refractivity contribution is 9.10. The van der Waals surface area contributed by atoms with Crippen molar-refractivity contribution in [3.63, 3.8) is 0 Å². The van der Waals surface area contributed by atoms with Crippen molar-refractivity contribution in [2.24, 2.45) is 0 Å². The number of aliphatic carboxylic acids is 1. The van der Waals surface area contributed by atoms with Crippen molar-refractivity contribution in [2.45, 2.75) is 6.42 Å². The summed E-state index contributed by atoms with van der Waals surface area (Å²) in [5.74, 6) is -0.863. The Morgan fingerprint density at radius 3 is 2.88 bits per heavy atom. The zero-order chi connectivity index (χ0) is 12.0. The quantitative estimate of drug-likeness (QED) is 0.842. The van der Waals surface area contributed by atoms with Gasteiger partial charge >= 0.3 is 5.97 Å². The van der Waals surface area contributed by atoms with Gasteiger partial charge in [-0.3, -0.25) is 4.79 Å². The molecule has 0 aromatic heterocycles. The molecule has 0 saturated carbocycles. The number of carboxylic acids is 1. The lowest BCUT2D eigenvalue weighted by atomic mass is 10.2. The molecule has 0 bridgehead atoms. The summed E-state index contributed by atoms with van der Waals surface area (Å²) in [6.45, 7) is 0.517. The second kappa shape index (κ2) is 6.13. The summed E-state index contributed by atoms with van der Waals surface area (Å²) in [4.78, 5) is 12.2. The monoisotopic (exact) mass is 282 g/mol. The van der Waals surface area contributed by atoms with Crippen LogP contribution in [0.15, 0.2) is 28.7 Å². The number of anilines is 1. The van der Waals surface area contributed by atoms with Crippen molar-refractivity contribution in [3.05, 3.63) is 28.7 Å². The molecule has 1 rings (SSSR count). The van der Waals surface area contributed by atoms with E-state index in [0.717, 1.165) is 10.2 Å². The number of benzene rings is 1. The van der Waals surface area contributed by atoms with Gasteiger partial charge in [0.05, 0.1) is 12.5 Å². The number of rotatable bonds is 5. The highest BCUT2D eigenvalue weighted by atomic mass is 79.9. The molecule has 1 N–H and O–H groups in total. The number of hydrogen-bond acceptors (Lipinski definition) is 3. The third-order valence-corrected chi connectivity index (χ3v) is 2.52. The van der Waals surface area contributed by atoms with Crippen LogP contribution in [0.4, 0.5) is 5.69 Å². The third kappa shape index (κ3) is 3.91. The highest BCUT2D eigenvalue weighted by Gasteiger charge is 2.08. The Balaban J connectivity index is 2.77. The molecule has 84 valence electrons. The lowest BCUT2D eigenvalue weighted by Crippen LogP contribution is -2.26. The maximum atomic E-state index is 10.5. The summed E-state index contributed by atoms with van der Waals surface area (Å²) in [6.07, 6.45) is 0.0220. The van der Waals surface area contributed by atoms with Crippen LogP contribution < -0.4 is 4.90 Å². The summed E-state index contributed by atoms with van der Waals surface area (Å²) in [5, 5.41) is 17.3. The predicted octanol–water partition coefficient (Wildman–Crippen LogP) is 2.25. The van der Waals surface area contributed by atoms with E-state index in [2.05, 4.69) is 15.9 Å². The highest BCUT2D eigenvalue weighted by Crippen LogP contribution is 2.19. The fourth-order valence-corrected chi connectivity index (χ4v) is 1.68. The fourth-order valence-electron chi connectivity index (χ4n) is 1.29. The minimum Gasteiger partial charge on any atom is -0.481 e. The smallest absolute Gasteiger partial charge is 0.305 e.